The molecule has 0 heteroatoms. The minimum atomic E-state index is 1.23. The Balaban J connectivity index is 2.32. The van der Waals surface area contributed by atoms with Gasteiger partial charge in [-0.25, -0.2) is 0 Å². The van der Waals surface area contributed by atoms with Crippen LogP contribution in [0.5, 0.6) is 0 Å². The van der Waals surface area contributed by atoms with Gasteiger partial charge >= 0.3 is 0 Å². The summed E-state index contributed by atoms with van der Waals surface area (Å²) in [5.41, 5.74) is 4.34. The Hall–Kier alpha value is -1.04. The molecule has 1 aliphatic carbocycles. The summed E-state index contributed by atoms with van der Waals surface area (Å²) < 4.78 is 0. The molecule has 1 aromatic rings. The number of rotatable bonds is 1. The fourth-order valence-corrected chi connectivity index (χ4v) is 2.17. The second-order valence-electron chi connectivity index (χ2n) is 3.98. The Morgan fingerprint density at radius 2 is 1.86 bits per heavy atom. The van der Waals surface area contributed by atoms with Crippen LogP contribution in [0.4, 0.5) is 0 Å². The topological polar surface area (TPSA) is 0 Å². The molecule has 0 saturated heterocycles. The predicted molar refractivity (Wildman–Crippen MR) is 60.3 cm³/mol. The molecular weight excluding hydrogens is 168 g/mol. The highest BCUT2D eigenvalue weighted by Crippen LogP contribution is 2.21. The standard InChI is InChI=1S/C14H17/c1-2-6-12-9-10-13-7-4-3-5-8-14(13)11-12/h2,9-11H,3-5,7-8H2,1H3. The Bertz CT molecular complexity index is 334. The van der Waals surface area contributed by atoms with Crippen molar-refractivity contribution in [1.29, 1.82) is 0 Å². The molecule has 0 nitrogen and oxygen atoms in total. The maximum atomic E-state index is 3.25. The molecule has 0 fully saturated rings. The summed E-state index contributed by atoms with van der Waals surface area (Å²) in [7, 11) is 0. The van der Waals surface area contributed by atoms with Crippen molar-refractivity contribution >= 4 is 0 Å². The van der Waals surface area contributed by atoms with E-state index in [2.05, 4.69) is 24.3 Å². The molecule has 0 spiro atoms. The summed E-state index contributed by atoms with van der Waals surface area (Å²) in [6.45, 7) is 2.02. The van der Waals surface area contributed by atoms with E-state index < -0.39 is 0 Å². The van der Waals surface area contributed by atoms with Crippen molar-refractivity contribution in [3.63, 3.8) is 0 Å². The normalized spacial score (nSPS) is 16.6. The SMILES string of the molecule is C/C=[C]/c1ccc2c(c1)CCCCC2. The highest BCUT2D eigenvalue weighted by Gasteiger charge is 2.07. The number of benzene rings is 1. The second kappa shape index (κ2) is 4.45. The van der Waals surface area contributed by atoms with Crippen molar-refractivity contribution in [2.24, 2.45) is 0 Å². The van der Waals surface area contributed by atoms with Gasteiger partial charge in [0.05, 0.1) is 0 Å². The minimum Gasteiger partial charge on any atom is -0.0792 e. The van der Waals surface area contributed by atoms with Gasteiger partial charge in [0, 0.05) is 0 Å². The first-order valence-corrected chi connectivity index (χ1v) is 5.56. The molecule has 73 valence electrons. The average Bonchev–Trinajstić information content (AvgIpc) is 2.42. The first kappa shape index (κ1) is 9.51. The Kier molecular flexibility index (Phi) is 3.03. The number of fused-ring (bicyclic) bond motifs is 1. The van der Waals surface area contributed by atoms with E-state index >= 15 is 0 Å². The van der Waals surface area contributed by atoms with Crippen molar-refractivity contribution in [2.45, 2.75) is 39.0 Å². The van der Waals surface area contributed by atoms with E-state index in [0.29, 0.717) is 0 Å². The zero-order chi connectivity index (χ0) is 9.80. The van der Waals surface area contributed by atoms with E-state index in [4.69, 9.17) is 0 Å². The largest absolute Gasteiger partial charge is 0.0792 e. The summed E-state index contributed by atoms with van der Waals surface area (Å²) in [5, 5.41) is 0. The first-order valence-electron chi connectivity index (χ1n) is 5.56. The van der Waals surface area contributed by atoms with Gasteiger partial charge in [-0.15, -0.1) is 0 Å². The summed E-state index contributed by atoms with van der Waals surface area (Å²) in [4.78, 5) is 0. The van der Waals surface area contributed by atoms with Crippen LogP contribution >= 0.6 is 0 Å². The number of aryl methyl sites for hydroxylation is 2. The van der Waals surface area contributed by atoms with Crippen LogP contribution in [0.15, 0.2) is 24.3 Å². The van der Waals surface area contributed by atoms with Crippen LogP contribution in [0, 0.1) is 6.08 Å². The summed E-state index contributed by atoms with van der Waals surface area (Å²) in [6, 6.07) is 6.78. The van der Waals surface area contributed by atoms with Crippen molar-refractivity contribution in [2.75, 3.05) is 0 Å². The molecule has 1 radical (unpaired) electrons. The van der Waals surface area contributed by atoms with Gasteiger partial charge in [-0.2, -0.15) is 0 Å². The number of allylic oxidation sites excluding steroid dienone is 1. The van der Waals surface area contributed by atoms with Crippen LogP contribution in [0.25, 0.3) is 0 Å². The molecule has 0 N–H and O–H groups in total. The first-order chi connectivity index (χ1) is 6.90. The molecule has 14 heavy (non-hydrogen) atoms. The third kappa shape index (κ3) is 2.06. The maximum absolute atomic E-state index is 3.25. The fraction of sp³-hybridized carbons (Fsp3) is 0.429. The van der Waals surface area contributed by atoms with E-state index in [0.717, 1.165) is 0 Å². The highest BCUT2D eigenvalue weighted by molar-refractivity contribution is 5.35. The van der Waals surface area contributed by atoms with Crippen molar-refractivity contribution < 1.29 is 0 Å². The minimum absolute atomic E-state index is 1.23. The Morgan fingerprint density at radius 1 is 1.07 bits per heavy atom. The second-order valence-corrected chi connectivity index (χ2v) is 3.98. The number of hydrogen-bond donors (Lipinski definition) is 0. The average molecular weight is 185 g/mol. The monoisotopic (exact) mass is 185 g/mol. The molecule has 0 atom stereocenters. The molecule has 0 aromatic heterocycles. The lowest BCUT2D eigenvalue weighted by molar-refractivity contribution is 0.711. The quantitative estimate of drug-likeness (QED) is 0.585. The lowest BCUT2D eigenvalue weighted by Crippen LogP contribution is -1.91. The zero-order valence-corrected chi connectivity index (χ0v) is 8.84. The Morgan fingerprint density at radius 3 is 2.64 bits per heavy atom. The van der Waals surface area contributed by atoms with Crippen LogP contribution < -0.4 is 0 Å². The van der Waals surface area contributed by atoms with Crippen LogP contribution in [0.3, 0.4) is 0 Å². The van der Waals surface area contributed by atoms with Crippen molar-refractivity contribution in [3.8, 4) is 0 Å². The van der Waals surface area contributed by atoms with E-state index in [1.165, 1.54) is 37.7 Å². The lowest BCUT2D eigenvalue weighted by atomic mass is 10.00. The maximum Gasteiger partial charge on any atom is -0.0151 e. The fourth-order valence-electron chi connectivity index (χ4n) is 2.17. The van der Waals surface area contributed by atoms with Crippen molar-refractivity contribution in [3.05, 3.63) is 47.0 Å². The molecule has 0 aliphatic heterocycles. The molecule has 0 unspecified atom stereocenters. The van der Waals surface area contributed by atoms with Gasteiger partial charge < -0.3 is 0 Å². The molecular formula is C14H17. The molecule has 2 rings (SSSR count). The molecule has 0 bridgehead atoms. The number of hydrogen-bond acceptors (Lipinski definition) is 0. The van der Waals surface area contributed by atoms with E-state index in [-0.39, 0.29) is 0 Å². The summed E-state index contributed by atoms with van der Waals surface area (Å²) in [6.07, 6.45) is 11.9. The van der Waals surface area contributed by atoms with Gasteiger partial charge in [0.2, 0.25) is 0 Å². The van der Waals surface area contributed by atoms with E-state index in [1.807, 2.05) is 13.0 Å². The smallest absolute Gasteiger partial charge is 0.0151 e. The lowest BCUT2D eigenvalue weighted by Gasteiger charge is -2.05. The van der Waals surface area contributed by atoms with Crippen LogP contribution in [0.1, 0.15) is 42.9 Å². The van der Waals surface area contributed by atoms with Crippen molar-refractivity contribution in [1.82, 2.24) is 0 Å². The molecule has 0 amide bonds. The van der Waals surface area contributed by atoms with Gasteiger partial charge in [-0.3, -0.25) is 0 Å². The Labute approximate surface area is 86.7 Å². The van der Waals surface area contributed by atoms with Crippen LogP contribution in [-0.2, 0) is 12.8 Å². The van der Waals surface area contributed by atoms with Gasteiger partial charge in [-0.05, 0) is 55.4 Å². The summed E-state index contributed by atoms with van der Waals surface area (Å²) in [5.74, 6) is 0. The van der Waals surface area contributed by atoms with Gasteiger partial charge in [-0.1, -0.05) is 30.7 Å². The van der Waals surface area contributed by atoms with Crippen LogP contribution in [-0.4, -0.2) is 0 Å². The highest BCUT2D eigenvalue weighted by atomic mass is 14.1. The van der Waals surface area contributed by atoms with E-state index in [1.54, 1.807) is 11.1 Å². The molecule has 1 aliphatic rings. The zero-order valence-electron chi connectivity index (χ0n) is 8.84. The molecule has 0 heterocycles. The van der Waals surface area contributed by atoms with Gasteiger partial charge in [0.25, 0.3) is 0 Å². The third-order valence-electron chi connectivity index (χ3n) is 2.91. The van der Waals surface area contributed by atoms with Gasteiger partial charge in [0.15, 0.2) is 0 Å². The third-order valence-corrected chi connectivity index (χ3v) is 2.91. The molecule has 0 saturated carbocycles. The molecule has 1 aromatic carbocycles. The summed E-state index contributed by atoms with van der Waals surface area (Å²) >= 11 is 0. The van der Waals surface area contributed by atoms with Crippen LogP contribution in [0.2, 0.25) is 0 Å². The van der Waals surface area contributed by atoms with E-state index in [9.17, 15) is 0 Å². The predicted octanol–water partition coefficient (Wildman–Crippen LogP) is 3.68. The van der Waals surface area contributed by atoms with Gasteiger partial charge in [0.1, 0.15) is 0 Å².